The first-order valence-corrected chi connectivity index (χ1v) is 5.75. The Morgan fingerprint density at radius 3 is 2.63 bits per heavy atom. The molecule has 0 aliphatic rings. The second-order valence-electron chi connectivity index (χ2n) is 4.38. The molecule has 0 saturated carbocycles. The molecule has 100 valence electrons. The predicted octanol–water partition coefficient (Wildman–Crippen LogP) is 1.51. The summed E-state index contributed by atoms with van der Waals surface area (Å²) in [6.07, 6.45) is 1.56. The van der Waals surface area contributed by atoms with E-state index in [0.29, 0.717) is 22.9 Å². The molecule has 6 heteroatoms. The van der Waals surface area contributed by atoms with Crippen LogP contribution in [-0.2, 0) is 6.54 Å². The van der Waals surface area contributed by atoms with Gasteiger partial charge in [-0.1, -0.05) is 0 Å². The van der Waals surface area contributed by atoms with Crippen LogP contribution in [0.1, 0.15) is 33.3 Å². The van der Waals surface area contributed by atoms with Crippen LogP contribution in [0.4, 0.5) is 0 Å². The third-order valence-electron chi connectivity index (χ3n) is 2.94. The van der Waals surface area contributed by atoms with Crippen molar-refractivity contribution in [2.45, 2.75) is 27.3 Å². The Labute approximate surface area is 109 Å². The summed E-state index contributed by atoms with van der Waals surface area (Å²) in [7, 11) is 0. The van der Waals surface area contributed by atoms with Gasteiger partial charge in [-0.15, -0.1) is 0 Å². The Hall–Kier alpha value is -2.37. The van der Waals surface area contributed by atoms with Crippen molar-refractivity contribution >= 4 is 5.97 Å². The van der Waals surface area contributed by atoms with Crippen LogP contribution in [0.15, 0.2) is 21.5 Å². The molecule has 2 aromatic heterocycles. The van der Waals surface area contributed by atoms with Gasteiger partial charge in [0.2, 0.25) is 5.89 Å². The molecule has 2 aromatic rings. The van der Waals surface area contributed by atoms with Gasteiger partial charge in [0.15, 0.2) is 0 Å². The van der Waals surface area contributed by atoms with Gasteiger partial charge in [-0.25, -0.2) is 9.78 Å². The monoisotopic (exact) mass is 262 g/mol. The Morgan fingerprint density at radius 2 is 2.11 bits per heavy atom. The number of hydrogen-bond acceptors (Lipinski definition) is 4. The molecule has 6 nitrogen and oxygen atoms in total. The first kappa shape index (κ1) is 13.1. The number of aryl methyl sites for hydroxylation is 2. The van der Waals surface area contributed by atoms with E-state index in [9.17, 15) is 14.7 Å². The highest BCUT2D eigenvalue weighted by atomic mass is 16.4. The molecule has 0 fully saturated rings. The molecule has 0 unspecified atom stereocenters. The lowest BCUT2D eigenvalue weighted by atomic mass is 10.1. The normalized spacial score (nSPS) is 10.7. The summed E-state index contributed by atoms with van der Waals surface area (Å²) in [5, 5.41) is 9.18. The molecule has 2 heterocycles. The minimum Gasteiger partial charge on any atom is -0.478 e. The minimum atomic E-state index is -1.05. The Bertz CT molecular complexity index is 697. The second-order valence-corrected chi connectivity index (χ2v) is 4.38. The Morgan fingerprint density at radius 1 is 1.42 bits per heavy atom. The maximum atomic E-state index is 11.9. The molecular weight excluding hydrogens is 248 g/mol. The van der Waals surface area contributed by atoms with Gasteiger partial charge in [0.1, 0.15) is 12.3 Å². The lowest BCUT2D eigenvalue weighted by molar-refractivity contribution is 0.0694. The lowest BCUT2D eigenvalue weighted by Gasteiger charge is -2.12. The van der Waals surface area contributed by atoms with Crippen molar-refractivity contribution in [3.63, 3.8) is 0 Å². The predicted molar refractivity (Wildman–Crippen MR) is 67.5 cm³/mol. The van der Waals surface area contributed by atoms with E-state index in [0.717, 1.165) is 0 Å². The molecule has 0 saturated heterocycles. The molecule has 0 aromatic carbocycles. The summed E-state index contributed by atoms with van der Waals surface area (Å²) in [6.45, 7) is 5.09. The molecule has 1 N–H and O–H groups in total. The molecular formula is C13H14N2O4. The average Bonchev–Trinajstić information content (AvgIpc) is 2.69. The number of carbonyl (C=O) groups is 1. The molecule has 0 aliphatic heterocycles. The number of nitrogens with zero attached hydrogens (tertiary/aromatic N) is 2. The van der Waals surface area contributed by atoms with Crippen LogP contribution < -0.4 is 5.56 Å². The second kappa shape index (κ2) is 4.72. The van der Waals surface area contributed by atoms with Gasteiger partial charge in [0, 0.05) is 11.8 Å². The van der Waals surface area contributed by atoms with Gasteiger partial charge in [-0.2, -0.15) is 0 Å². The highest BCUT2D eigenvalue weighted by molar-refractivity contribution is 5.90. The maximum absolute atomic E-state index is 11.9. The van der Waals surface area contributed by atoms with Gasteiger partial charge in [-0.3, -0.25) is 4.79 Å². The third kappa shape index (κ3) is 2.42. The molecule has 0 atom stereocenters. The fraction of sp³-hybridized carbons (Fsp3) is 0.308. The maximum Gasteiger partial charge on any atom is 0.337 e. The van der Waals surface area contributed by atoms with Gasteiger partial charge < -0.3 is 14.1 Å². The minimum absolute atomic E-state index is 0.124. The van der Waals surface area contributed by atoms with E-state index in [1.54, 1.807) is 27.0 Å². The summed E-state index contributed by atoms with van der Waals surface area (Å²) in [5.41, 5.74) is 0.724. The highest BCUT2D eigenvalue weighted by Crippen LogP contribution is 2.13. The number of rotatable bonds is 3. The van der Waals surface area contributed by atoms with Gasteiger partial charge in [0.05, 0.1) is 11.8 Å². The number of aromatic nitrogens is 2. The largest absolute Gasteiger partial charge is 0.478 e. The fourth-order valence-corrected chi connectivity index (χ4v) is 2.05. The van der Waals surface area contributed by atoms with Crippen molar-refractivity contribution in [2.75, 3.05) is 0 Å². The molecule has 0 amide bonds. The summed E-state index contributed by atoms with van der Waals surface area (Å²) in [6, 6.07) is 1.31. The zero-order chi connectivity index (χ0) is 14.2. The zero-order valence-electron chi connectivity index (χ0n) is 10.9. The quantitative estimate of drug-likeness (QED) is 0.906. The van der Waals surface area contributed by atoms with Crippen LogP contribution in [0.3, 0.4) is 0 Å². The summed E-state index contributed by atoms with van der Waals surface area (Å²) in [4.78, 5) is 27.2. The van der Waals surface area contributed by atoms with Crippen molar-refractivity contribution < 1.29 is 14.3 Å². The summed E-state index contributed by atoms with van der Waals surface area (Å²) in [5.74, 6) is -0.0264. The van der Waals surface area contributed by atoms with Gasteiger partial charge >= 0.3 is 5.97 Å². The molecule has 0 spiro atoms. The summed E-state index contributed by atoms with van der Waals surface area (Å²) >= 11 is 0. The van der Waals surface area contributed by atoms with Crippen LogP contribution in [0.2, 0.25) is 0 Å². The van der Waals surface area contributed by atoms with Crippen LogP contribution in [0, 0.1) is 20.8 Å². The number of oxazole rings is 1. The number of aromatic carboxylic acids is 1. The average molecular weight is 262 g/mol. The van der Waals surface area contributed by atoms with Crippen molar-refractivity contribution in [1.29, 1.82) is 0 Å². The first-order valence-electron chi connectivity index (χ1n) is 5.75. The molecule has 0 aliphatic carbocycles. The van der Waals surface area contributed by atoms with Crippen molar-refractivity contribution in [1.82, 2.24) is 9.55 Å². The van der Waals surface area contributed by atoms with Gasteiger partial charge in [0.25, 0.3) is 5.56 Å². The van der Waals surface area contributed by atoms with Crippen LogP contribution in [0.25, 0.3) is 0 Å². The number of carboxylic acids is 1. The Balaban J connectivity index is 2.54. The Kier molecular flexibility index (Phi) is 3.25. The van der Waals surface area contributed by atoms with Crippen molar-refractivity contribution in [2.24, 2.45) is 0 Å². The van der Waals surface area contributed by atoms with Crippen molar-refractivity contribution in [3.8, 4) is 0 Å². The first-order chi connectivity index (χ1) is 8.90. The van der Waals surface area contributed by atoms with E-state index in [1.165, 1.54) is 10.6 Å². The van der Waals surface area contributed by atoms with E-state index in [-0.39, 0.29) is 17.7 Å². The van der Waals surface area contributed by atoms with E-state index >= 15 is 0 Å². The van der Waals surface area contributed by atoms with Crippen LogP contribution in [0.5, 0.6) is 0 Å². The highest BCUT2D eigenvalue weighted by Gasteiger charge is 2.16. The molecule has 2 rings (SSSR count). The lowest BCUT2D eigenvalue weighted by Crippen LogP contribution is -2.26. The standard InChI is InChI=1S/C13H14N2O4/c1-7-4-11(16)15(9(3)12(7)13(17)18)6-10-14-5-8(2)19-10/h4-5H,6H2,1-3H3,(H,17,18). The van der Waals surface area contributed by atoms with E-state index in [2.05, 4.69) is 4.98 Å². The topological polar surface area (TPSA) is 85.3 Å². The summed E-state index contributed by atoms with van der Waals surface area (Å²) < 4.78 is 6.66. The third-order valence-corrected chi connectivity index (χ3v) is 2.94. The number of pyridine rings is 1. The zero-order valence-corrected chi connectivity index (χ0v) is 10.9. The molecule has 0 bridgehead atoms. The molecule has 19 heavy (non-hydrogen) atoms. The van der Waals surface area contributed by atoms with E-state index in [4.69, 9.17) is 4.42 Å². The van der Waals surface area contributed by atoms with Gasteiger partial charge in [-0.05, 0) is 26.3 Å². The SMILES string of the molecule is Cc1cnc(Cn2c(C)c(C(=O)O)c(C)cc2=O)o1. The molecule has 0 radical (unpaired) electrons. The van der Waals surface area contributed by atoms with Crippen molar-refractivity contribution in [3.05, 3.63) is 51.1 Å². The van der Waals surface area contributed by atoms with E-state index < -0.39 is 5.97 Å². The van der Waals surface area contributed by atoms with E-state index in [1.807, 2.05) is 0 Å². The van der Waals surface area contributed by atoms with Crippen LogP contribution >= 0.6 is 0 Å². The number of carboxylic acid groups (broad SMARTS) is 1. The smallest absolute Gasteiger partial charge is 0.337 e. The number of hydrogen-bond donors (Lipinski definition) is 1. The fourth-order valence-electron chi connectivity index (χ4n) is 2.05. The van der Waals surface area contributed by atoms with Crippen LogP contribution in [-0.4, -0.2) is 20.6 Å².